The number of allylic oxidation sites excluding steroid dienone is 1. The molecule has 0 bridgehead atoms. The fourth-order valence-corrected chi connectivity index (χ4v) is 2.76. The average Bonchev–Trinajstić information content (AvgIpc) is 2.91. The van der Waals surface area contributed by atoms with E-state index in [4.69, 9.17) is 28.4 Å². The van der Waals surface area contributed by atoms with Crippen LogP contribution in [0.3, 0.4) is 0 Å². The van der Waals surface area contributed by atoms with Gasteiger partial charge in [0.1, 0.15) is 12.7 Å². The third-order valence-electron chi connectivity index (χ3n) is 3.78. The maximum Gasteiger partial charge on any atom is 0.303 e. The van der Waals surface area contributed by atoms with Crippen LogP contribution in [0.2, 0.25) is 0 Å². The minimum atomic E-state index is -1.14. The highest BCUT2D eigenvalue weighted by Crippen LogP contribution is 2.31. The minimum Gasteiger partial charge on any atom is -0.462 e. The van der Waals surface area contributed by atoms with E-state index in [1.807, 2.05) is 0 Å². The normalized spacial score (nSPS) is 24.3. The molecule has 0 N–H and O–H groups in total. The fourth-order valence-electron chi connectivity index (χ4n) is 2.76. The van der Waals surface area contributed by atoms with Crippen molar-refractivity contribution in [3.8, 4) is 0 Å². The molecule has 1 aliphatic heterocycles. The predicted molar refractivity (Wildman–Crippen MR) is 97.3 cm³/mol. The molecule has 0 radical (unpaired) electrons. The second-order valence-electron chi connectivity index (χ2n) is 6.37. The van der Waals surface area contributed by atoms with Crippen LogP contribution in [0.5, 0.6) is 0 Å². The number of carbonyl (C=O) groups is 4. The van der Waals surface area contributed by atoms with Crippen LogP contribution < -0.4 is 0 Å². The zero-order valence-electron chi connectivity index (χ0n) is 17.1. The van der Waals surface area contributed by atoms with Gasteiger partial charge in [-0.25, -0.2) is 0 Å². The summed E-state index contributed by atoms with van der Waals surface area (Å²) in [7, 11) is 0. The smallest absolute Gasteiger partial charge is 0.303 e. The van der Waals surface area contributed by atoms with Gasteiger partial charge < -0.3 is 28.4 Å². The summed E-state index contributed by atoms with van der Waals surface area (Å²) < 4.78 is 32.2. The summed E-state index contributed by atoms with van der Waals surface area (Å²) in [6.07, 6.45) is -2.45. The lowest BCUT2D eigenvalue weighted by Gasteiger charge is -2.27. The maximum absolute atomic E-state index is 11.6. The van der Waals surface area contributed by atoms with Crippen LogP contribution in [0, 0.1) is 0 Å². The lowest BCUT2D eigenvalue weighted by Crippen LogP contribution is -2.46. The Morgan fingerprint density at radius 1 is 0.966 bits per heavy atom. The molecule has 0 aromatic heterocycles. The summed E-state index contributed by atoms with van der Waals surface area (Å²) >= 11 is 0. The first-order chi connectivity index (χ1) is 13.6. The van der Waals surface area contributed by atoms with E-state index in [9.17, 15) is 19.2 Å². The van der Waals surface area contributed by atoms with E-state index >= 15 is 0 Å². The molecular weight excluding hydrogens is 388 g/mol. The van der Waals surface area contributed by atoms with Crippen molar-refractivity contribution in [3.63, 3.8) is 0 Å². The van der Waals surface area contributed by atoms with E-state index in [0.717, 1.165) is 0 Å². The average molecular weight is 416 g/mol. The molecule has 0 aliphatic carbocycles. The van der Waals surface area contributed by atoms with Crippen LogP contribution in [0.15, 0.2) is 12.7 Å². The Labute approximate surface area is 169 Å². The molecule has 5 atom stereocenters. The highest BCUT2D eigenvalue weighted by Gasteiger charge is 2.54. The molecule has 1 heterocycles. The van der Waals surface area contributed by atoms with Crippen molar-refractivity contribution < 1.29 is 47.6 Å². The molecule has 10 heteroatoms. The van der Waals surface area contributed by atoms with Gasteiger partial charge in [0.15, 0.2) is 24.6 Å². The van der Waals surface area contributed by atoms with Gasteiger partial charge in [0.25, 0.3) is 0 Å². The summed E-state index contributed by atoms with van der Waals surface area (Å²) in [5.41, 5.74) is 0. The van der Waals surface area contributed by atoms with Crippen molar-refractivity contribution in [2.24, 2.45) is 0 Å². The van der Waals surface area contributed by atoms with Crippen molar-refractivity contribution in [2.75, 3.05) is 13.2 Å². The van der Waals surface area contributed by atoms with Gasteiger partial charge in [0.05, 0.1) is 6.61 Å². The Hall–Kier alpha value is -2.46. The molecule has 0 aromatic rings. The van der Waals surface area contributed by atoms with Crippen LogP contribution in [0.4, 0.5) is 0 Å². The van der Waals surface area contributed by atoms with Crippen LogP contribution in [-0.2, 0) is 47.6 Å². The molecule has 164 valence electrons. The Morgan fingerprint density at radius 3 is 2.10 bits per heavy atom. The highest BCUT2D eigenvalue weighted by molar-refractivity contribution is 5.68. The van der Waals surface area contributed by atoms with E-state index in [0.29, 0.717) is 12.8 Å². The molecule has 1 unspecified atom stereocenters. The Bertz CT molecular complexity index is 602. The lowest BCUT2D eigenvalue weighted by molar-refractivity contribution is -0.199. The fraction of sp³-hybridized carbons (Fsp3) is 0.684. The number of carbonyl (C=O) groups excluding carboxylic acids is 4. The van der Waals surface area contributed by atoms with Crippen LogP contribution in [0.25, 0.3) is 0 Å². The quantitative estimate of drug-likeness (QED) is 0.209. The number of esters is 4. The van der Waals surface area contributed by atoms with E-state index in [1.165, 1.54) is 27.7 Å². The van der Waals surface area contributed by atoms with Crippen LogP contribution in [-0.4, -0.2) is 67.8 Å². The molecule has 1 fully saturated rings. The van der Waals surface area contributed by atoms with Gasteiger partial charge in [-0.15, -0.1) is 6.58 Å². The summed E-state index contributed by atoms with van der Waals surface area (Å²) in [4.78, 5) is 45.9. The molecule has 0 aromatic carbocycles. The first-order valence-corrected chi connectivity index (χ1v) is 9.18. The molecular formula is C19H28O10. The largest absolute Gasteiger partial charge is 0.462 e. The van der Waals surface area contributed by atoms with E-state index < -0.39 is 54.6 Å². The van der Waals surface area contributed by atoms with Gasteiger partial charge in [-0.2, -0.15) is 0 Å². The summed E-state index contributed by atoms with van der Waals surface area (Å²) in [5, 5.41) is 0. The van der Waals surface area contributed by atoms with Crippen LogP contribution >= 0.6 is 0 Å². The first-order valence-electron chi connectivity index (χ1n) is 9.18. The number of ether oxygens (including phenoxy) is 6. The minimum absolute atomic E-state index is 0.260. The van der Waals surface area contributed by atoms with Gasteiger partial charge >= 0.3 is 23.9 Å². The van der Waals surface area contributed by atoms with Gasteiger partial charge in [0, 0.05) is 27.7 Å². The van der Waals surface area contributed by atoms with Gasteiger partial charge in [-0.05, 0) is 12.8 Å². The van der Waals surface area contributed by atoms with Gasteiger partial charge in [-0.3, -0.25) is 19.2 Å². The molecule has 29 heavy (non-hydrogen) atoms. The van der Waals surface area contributed by atoms with E-state index in [1.54, 1.807) is 6.08 Å². The SMILES string of the molecule is C=CCCCOC1O[C@H]([C@@H](COC(C)=O)OC(C)=O)[C@H](OC(C)=O)[C@H]1OC(C)=O. The van der Waals surface area contributed by atoms with Crippen molar-refractivity contribution >= 4 is 23.9 Å². The summed E-state index contributed by atoms with van der Waals surface area (Å²) in [5.74, 6) is -2.56. The van der Waals surface area contributed by atoms with Gasteiger partial charge in [-0.1, -0.05) is 6.08 Å². The second-order valence-corrected chi connectivity index (χ2v) is 6.37. The zero-order valence-corrected chi connectivity index (χ0v) is 17.1. The number of hydrogen-bond donors (Lipinski definition) is 0. The number of rotatable bonds is 11. The molecule has 1 saturated heterocycles. The Kier molecular flexibility index (Phi) is 10.3. The van der Waals surface area contributed by atoms with Crippen molar-refractivity contribution in [1.29, 1.82) is 0 Å². The number of unbranched alkanes of at least 4 members (excludes halogenated alkanes) is 1. The lowest BCUT2D eigenvalue weighted by atomic mass is 10.1. The topological polar surface area (TPSA) is 124 Å². The Balaban J connectivity index is 3.11. The molecule has 1 aliphatic rings. The molecule has 1 rings (SSSR count). The third-order valence-corrected chi connectivity index (χ3v) is 3.78. The van der Waals surface area contributed by atoms with E-state index in [-0.39, 0.29) is 13.2 Å². The molecule has 0 spiro atoms. The maximum atomic E-state index is 11.6. The Morgan fingerprint density at radius 2 is 1.59 bits per heavy atom. The monoisotopic (exact) mass is 416 g/mol. The van der Waals surface area contributed by atoms with Gasteiger partial charge in [0.2, 0.25) is 0 Å². The predicted octanol–water partition coefficient (Wildman–Crippen LogP) is 1.05. The molecule has 0 saturated carbocycles. The zero-order chi connectivity index (χ0) is 22.0. The van der Waals surface area contributed by atoms with Crippen molar-refractivity contribution in [1.82, 2.24) is 0 Å². The van der Waals surface area contributed by atoms with E-state index in [2.05, 4.69) is 6.58 Å². The standard InChI is InChI=1S/C19H28O10/c1-6-7-8-9-24-19-18(28-14(5)23)17(27-13(4)22)16(29-19)15(26-12(3)21)10-25-11(2)20/h6,15-19H,1,7-10H2,2-5H3/t15-,16-,17+,18-,19?/m1/s1. The number of hydrogen-bond acceptors (Lipinski definition) is 10. The molecule has 10 nitrogen and oxygen atoms in total. The first kappa shape index (κ1) is 24.6. The summed E-state index contributed by atoms with van der Waals surface area (Å²) in [6, 6.07) is 0. The van der Waals surface area contributed by atoms with Crippen molar-refractivity contribution in [3.05, 3.63) is 12.7 Å². The van der Waals surface area contributed by atoms with Crippen molar-refractivity contribution in [2.45, 2.75) is 71.2 Å². The third kappa shape index (κ3) is 8.61. The summed E-state index contributed by atoms with van der Waals surface area (Å²) in [6.45, 7) is 8.27. The second kappa shape index (κ2) is 12.2. The van der Waals surface area contributed by atoms with Crippen LogP contribution in [0.1, 0.15) is 40.5 Å². The molecule has 0 amide bonds. The highest BCUT2D eigenvalue weighted by atomic mass is 16.7.